The summed E-state index contributed by atoms with van der Waals surface area (Å²) in [6.07, 6.45) is -0.241. The van der Waals surface area contributed by atoms with Gasteiger partial charge in [0.25, 0.3) is 0 Å². The Morgan fingerprint density at radius 2 is 2.15 bits per heavy atom. The summed E-state index contributed by atoms with van der Waals surface area (Å²) in [7, 11) is 0. The predicted octanol–water partition coefficient (Wildman–Crippen LogP) is 0.279. The second-order valence-corrected chi connectivity index (χ2v) is 5.20. The molecule has 0 bridgehead atoms. The van der Waals surface area contributed by atoms with Gasteiger partial charge in [-0.2, -0.15) is 0 Å². The number of hydrogen-bond donors (Lipinski definition) is 3. The highest BCUT2D eigenvalue weighted by Gasteiger charge is 2.31. The van der Waals surface area contributed by atoms with Crippen molar-refractivity contribution in [1.82, 2.24) is 10.2 Å². The Labute approximate surface area is 118 Å². The van der Waals surface area contributed by atoms with Crippen LogP contribution >= 0.6 is 0 Å². The highest BCUT2D eigenvalue weighted by Crippen LogP contribution is 2.20. The van der Waals surface area contributed by atoms with Gasteiger partial charge >= 0.3 is 12.1 Å². The van der Waals surface area contributed by atoms with E-state index in [1.54, 1.807) is 13.8 Å². The van der Waals surface area contributed by atoms with Crippen molar-refractivity contribution < 1.29 is 24.5 Å². The number of aliphatic hydroxyl groups excluding tert-OH is 1. The summed E-state index contributed by atoms with van der Waals surface area (Å²) < 4.78 is 4.85. The number of rotatable bonds is 6. The fraction of sp³-hybridized carbons (Fsp3) is 0.846. The second kappa shape index (κ2) is 8.06. The third kappa shape index (κ3) is 5.75. The summed E-state index contributed by atoms with van der Waals surface area (Å²) >= 11 is 0. The first kappa shape index (κ1) is 16.7. The van der Waals surface area contributed by atoms with Gasteiger partial charge in [-0.25, -0.2) is 4.79 Å². The lowest BCUT2D eigenvalue weighted by atomic mass is 9.90. The molecule has 0 aromatic carbocycles. The van der Waals surface area contributed by atoms with Crippen LogP contribution in [0.3, 0.4) is 0 Å². The van der Waals surface area contributed by atoms with Crippen molar-refractivity contribution in [3.05, 3.63) is 0 Å². The van der Waals surface area contributed by atoms with E-state index in [0.717, 1.165) is 0 Å². The quantitative estimate of drug-likeness (QED) is 0.649. The normalized spacial score (nSPS) is 24.9. The van der Waals surface area contributed by atoms with Gasteiger partial charge in [-0.1, -0.05) is 0 Å². The number of carboxylic acids is 1. The molecular weight excluding hydrogens is 264 g/mol. The van der Waals surface area contributed by atoms with Crippen molar-refractivity contribution in [2.24, 2.45) is 5.92 Å². The number of aliphatic hydroxyl groups is 1. The number of nitrogens with one attached hydrogen (secondary N) is 1. The van der Waals surface area contributed by atoms with Gasteiger partial charge in [-0.3, -0.25) is 4.79 Å². The molecule has 0 aromatic rings. The Morgan fingerprint density at radius 3 is 2.70 bits per heavy atom. The van der Waals surface area contributed by atoms with Crippen LogP contribution in [0.25, 0.3) is 0 Å². The zero-order valence-electron chi connectivity index (χ0n) is 12.0. The lowest BCUT2D eigenvalue weighted by molar-refractivity contribution is -0.137. The number of carbonyl (C=O) groups excluding carboxylic acids is 1. The number of piperidine rings is 1. The van der Waals surface area contributed by atoms with Gasteiger partial charge in [-0.05, 0) is 26.2 Å². The van der Waals surface area contributed by atoms with Crippen LogP contribution in [0.15, 0.2) is 0 Å². The summed E-state index contributed by atoms with van der Waals surface area (Å²) in [4.78, 5) is 24.1. The van der Waals surface area contributed by atoms with Gasteiger partial charge in [-0.15, -0.1) is 0 Å². The number of amides is 1. The minimum absolute atomic E-state index is 0.0180. The summed E-state index contributed by atoms with van der Waals surface area (Å²) in [5.74, 6) is -0.830. The van der Waals surface area contributed by atoms with Crippen molar-refractivity contribution in [1.29, 1.82) is 0 Å². The molecule has 0 saturated carbocycles. The summed E-state index contributed by atoms with van der Waals surface area (Å²) in [6.45, 7) is 5.40. The third-order valence-corrected chi connectivity index (χ3v) is 3.48. The van der Waals surface area contributed by atoms with Gasteiger partial charge in [0.2, 0.25) is 0 Å². The molecule has 0 aliphatic carbocycles. The van der Waals surface area contributed by atoms with E-state index in [4.69, 9.17) is 9.84 Å². The number of ether oxygens (including phenoxy) is 1. The number of carbonyl (C=O) groups is 2. The molecule has 1 heterocycles. The Morgan fingerprint density at radius 1 is 1.45 bits per heavy atom. The molecule has 20 heavy (non-hydrogen) atoms. The van der Waals surface area contributed by atoms with Crippen LogP contribution in [0, 0.1) is 5.92 Å². The number of aliphatic carboxylic acids is 1. The standard InChI is InChI=1S/C13H24N2O5/c1-3-20-13(19)14-11-6-10(9(2)16)7-15(8-11)5-4-12(17)18/h9-11,16H,3-8H2,1-2H3,(H,14,19)(H,17,18). The van der Waals surface area contributed by atoms with Crippen LogP contribution in [-0.4, -0.2) is 65.6 Å². The molecule has 1 amide bonds. The molecule has 7 nitrogen and oxygen atoms in total. The minimum atomic E-state index is -0.848. The molecule has 1 saturated heterocycles. The van der Waals surface area contributed by atoms with Crippen LogP contribution in [-0.2, 0) is 9.53 Å². The van der Waals surface area contributed by atoms with Crippen molar-refractivity contribution >= 4 is 12.1 Å². The first-order valence-corrected chi connectivity index (χ1v) is 6.97. The predicted molar refractivity (Wildman–Crippen MR) is 72.4 cm³/mol. The summed E-state index contributed by atoms with van der Waals surface area (Å²) in [5, 5.41) is 21.2. The highest BCUT2D eigenvalue weighted by molar-refractivity contribution is 5.67. The lowest BCUT2D eigenvalue weighted by Crippen LogP contribution is -2.53. The Hall–Kier alpha value is -1.34. The van der Waals surface area contributed by atoms with E-state index in [2.05, 4.69) is 5.32 Å². The Bertz CT molecular complexity index is 335. The molecule has 7 heteroatoms. The fourth-order valence-corrected chi connectivity index (χ4v) is 2.46. The van der Waals surface area contributed by atoms with Gasteiger partial charge in [0, 0.05) is 25.7 Å². The summed E-state index contributed by atoms with van der Waals surface area (Å²) in [6, 6.07) is -0.129. The van der Waals surface area contributed by atoms with Crippen molar-refractivity contribution in [3.8, 4) is 0 Å². The number of carboxylic acid groups (broad SMARTS) is 1. The van der Waals surface area contributed by atoms with Crippen LogP contribution in [0.5, 0.6) is 0 Å². The molecule has 3 atom stereocenters. The molecule has 116 valence electrons. The van der Waals surface area contributed by atoms with Crippen molar-refractivity contribution in [2.75, 3.05) is 26.2 Å². The van der Waals surface area contributed by atoms with E-state index >= 15 is 0 Å². The number of nitrogens with zero attached hydrogens (tertiary/aromatic N) is 1. The molecular formula is C13H24N2O5. The first-order chi connectivity index (χ1) is 9.42. The van der Waals surface area contributed by atoms with Crippen LogP contribution in [0.2, 0.25) is 0 Å². The number of alkyl carbamates (subject to hydrolysis) is 1. The lowest BCUT2D eigenvalue weighted by Gasteiger charge is -2.38. The average molecular weight is 288 g/mol. The van der Waals surface area contributed by atoms with E-state index in [9.17, 15) is 14.7 Å². The second-order valence-electron chi connectivity index (χ2n) is 5.20. The van der Waals surface area contributed by atoms with Gasteiger partial charge in [0.15, 0.2) is 0 Å². The van der Waals surface area contributed by atoms with Crippen LogP contribution in [0.1, 0.15) is 26.7 Å². The molecule has 3 N–H and O–H groups in total. The number of likely N-dealkylation sites (tertiary alicyclic amines) is 1. The molecule has 0 spiro atoms. The van der Waals surface area contributed by atoms with Gasteiger partial charge in [0.1, 0.15) is 0 Å². The van der Waals surface area contributed by atoms with Gasteiger partial charge < -0.3 is 25.2 Å². The fourth-order valence-electron chi connectivity index (χ4n) is 2.46. The van der Waals surface area contributed by atoms with E-state index in [1.165, 1.54) is 0 Å². The SMILES string of the molecule is CCOC(=O)NC1CC(C(C)O)CN(CCC(=O)O)C1. The largest absolute Gasteiger partial charge is 0.481 e. The zero-order chi connectivity index (χ0) is 15.1. The third-order valence-electron chi connectivity index (χ3n) is 3.48. The molecule has 1 rings (SSSR count). The van der Waals surface area contributed by atoms with E-state index in [-0.39, 0.29) is 18.4 Å². The van der Waals surface area contributed by atoms with Crippen LogP contribution < -0.4 is 5.32 Å². The average Bonchev–Trinajstić information content (AvgIpc) is 2.36. The maximum atomic E-state index is 11.5. The van der Waals surface area contributed by atoms with E-state index < -0.39 is 18.2 Å². The smallest absolute Gasteiger partial charge is 0.407 e. The van der Waals surface area contributed by atoms with Crippen molar-refractivity contribution in [3.63, 3.8) is 0 Å². The molecule has 1 fully saturated rings. The molecule has 3 unspecified atom stereocenters. The Balaban J connectivity index is 2.55. The maximum absolute atomic E-state index is 11.5. The molecule has 1 aliphatic heterocycles. The van der Waals surface area contributed by atoms with Crippen molar-refractivity contribution in [2.45, 2.75) is 38.8 Å². The molecule has 0 aromatic heterocycles. The first-order valence-electron chi connectivity index (χ1n) is 6.97. The highest BCUT2D eigenvalue weighted by atomic mass is 16.5. The molecule has 0 radical (unpaired) electrons. The summed E-state index contributed by atoms with van der Waals surface area (Å²) in [5.41, 5.74) is 0. The molecule has 1 aliphatic rings. The van der Waals surface area contributed by atoms with Gasteiger partial charge in [0.05, 0.1) is 19.1 Å². The topological polar surface area (TPSA) is 99.1 Å². The monoisotopic (exact) mass is 288 g/mol. The zero-order valence-corrected chi connectivity index (χ0v) is 12.0. The minimum Gasteiger partial charge on any atom is -0.481 e. The van der Waals surface area contributed by atoms with E-state index in [1.807, 2.05) is 4.90 Å². The van der Waals surface area contributed by atoms with E-state index in [0.29, 0.717) is 32.7 Å². The van der Waals surface area contributed by atoms with Crippen LogP contribution in [0.4, 0.5) is 4.79 Å². The Kier molecular flexibility index (Phi) is 6.74. The maximum Gasteiger partial charge on any atom is 0.407 e. The number of hydrogen-bond acceptors (Lipinski definition) is 5.